The molecule has 0 aromatic carbocycles. The van der Waals surface area contributed by atoms with E-state index >= 15 is 0 Å². The van der Waals surface area contributed by atoms with Crippen molar-refractivity contribution in [2.75, 3.05) is 27.9 Å². The Hall–Kier alpha value is -0.160. The van der Waals surface area contributed by atoms with Gasteiger partial charge in [-0.25, -0.2) is 0 Å². The Balaban J connectivity index is 3.84. The standard InChI is InChI=1S/C7H16O4/c1-5-6-11-7(8-2,9-3)10-4/h5-6H2,1-4H3. The highest BCUT2D eigenvalue weighted by Gasteiger charge is 2.30. The van der Waals surface area contributed by atoms with Gasteiger partial charge in [0.15, 0.2) is 0 Å². The predicted octanol–water partition coefficient (Wildman–Crippen LogP) is 0.964. The van der Waals surface area contributed by atoms with Crippen molar-refractivity contribution in [1.29, 1.82) is 0 Å². The van der Waals surface area contributed by atoms with E-state index in [0.29, 0.717) is 6.61 Å². The highest BCUT2D eigenvalue weighted by Crippen LogP contribution is 2.13. The van der Waals surface area contributed by atoms with E-state index in [0.717, 1.165) is 6.42 Å². The van der Waals surface area contributed by atoms with Crippen molar-refractivity contribution >= 4 is 0 Å². The third-order valence-electron chi connectivity index (χ3n) is 1.23. The second-order valence-electron chi connectivity index (χ2n) is 1.96. The molecule has 0 rings (SSSR count). The highest BCUT2D eigenvalue weighted by molar-refractivity contribution is 4.36. The van der Waals surface area contributed by atoms with Gasteiger partial charge in [0, 0.05) is 21.3 Å². The van der Waals surface area contributed by atoms with E-state index in [1.807, 2.05) is 6.92 Å². The molecule has 0 saturated heterocycles. The Morgan fingerprint density at radius 1 is 1.00 bits per heavy atom. The molecule has 0 heterocycles. The minimum Gasteiger partial charge on any atom is -0.307 e. The summed E-state index contributed by atoms with van der Waals surface area (Å²) < 4.78 is 19.8. The van der Waals surface area contributed by atoms with Crippen LogP contribution in [0.1, 0.15) is 13.3 Å². The number of ether oxygens (including phenoxy) is 4. The molecule has 0 aromatic rings. The van der Waals surface area contributed by atoms with Crippen LogP contribution in [0.4, 0.5) is 0 Å². The van der Waals surface area contributed by atoms with Crippen molar-refractivity contribution in [3.8, 4) is 0 Å². The van der Waals surface area contributed by atoms with Crippen LogP contribution in [0.15, 0.2) is 0 Å². The molecule has 68 valence electrons. The quantitative estimate of drug-likeness (QED) is 0.548. The first-order valence-corrected chi connectivity index (χ1v) is 3.54. The van der Waals surface area contributed by atoms with Gasteiger partial charge >= 0.3 is 6.16 Å². The van der Waals surface area contributed by atoms with Crippen LogP contribution < -0.4 is 0 Å². The number of hydrogen-bond acceptors (Lipinski definition) is 4. The number of methoxy groups -OCH3 is 3. The predicted molar refractivity (Wildman–Crippen MR) is 40.0 cm³/mol. The van der Waals surface area contributed by atoms with Crippen LogP contribution in [0.25, 0.3) is 0 Å². The maximum atomic E-state index is 5.16. The molecule has 0 unspecified atom stereocenters. The lowest BCUT2D eigenvalue weighted by Gasteiger charge is -2.27. The molecule has 0 bridgehead atoms. The lowest BCUT2D eigenvalue weighted by molar-refractivity contribution is -0.479. The fraction of sp³-hybridized carbons (Fsp3) is 1.00. The van der Waals surface area contributed by atoms with Gasteiger partial charge in [0.25, 0.3) is 0 Å². The molecule has 0 aliphatic carbocycles. The number of hydrogen-bond donors (Lipinski definition) is 0. The molecule has 0 fully saturated rings. The molecule has 0 aromatic heterocycles. The van der Waals surface area contributed by atoms with Gasteiger partial charge in [-0.15, -0.1) is 0 Å². The molecule has 0 spiro atoms. The van der Waals surface area contributed by atoms with Gasteiger partial charge in [0.1, 0.15) is 0 Å². The van der Waals surface area contributed by atoms with Crippen LogP contribution in [0.5, 0.6) is 0 Å². The van der Waals surface area contributed by atoms with Crippen molar-refractivity contribution in [2.45, 2.75) is 19.5 Å². The third-order valence-corrected chi connectivity index (χ3v) is 1.23. The second-order valence-corrected chi connectivity index (χ2v) is 1.96. The van der Waals surface area contributed by atoms with E-state index in [-0.39, 0.29) is 0 Å². The van der Waals surface area contributed by atoms with Gasteiger partial charge in [-0.2, -0.15) is 0 Å². The van der Waals surface area contributed by atoms with Gasteiger partial charge in [-0.05, 0) is 6.42 Å². The summed E-state index contributed by atoms with van der Waals surface area (Å²) in [5.74, 6) is 0. The molecule has 0 saturated carbocycles. The molecule has 0 amide bonds. The molecule has 4 heteroatoms. The SMILES string of the molecule is CCCOC(OC)(OC)OC. The Bertz CT molecular complexity index is 82.2. The largest absolute Gasteiger partial charge is 0.411 e. The summed E-state index contributed by atoms with van der Waals surface area (Å²) in [5.41, 5.74) is 0. The Morgan fingerprint density at radius 2 is 1.45 bits per heavy atom. The van der Waals surface area contributed by atoms with Crippen LogP contribution in [0.2, 0.25) is 0 Å². The van der Waals surface area contributed by atoms with Gasteiger partial charge in [0.2, 0.25) is 0 Å². The van der Waals surface area contributed by atoms with E-state index in [1.54, 1.807) is 0 Å². The van der Waals surface area contributed by atoms with Gasteiger partial charge in [-0.3, -0.25) is 0 Å². The zero-order valence-corrected chi connectivity index (χ0v) is 7.55. The van der Waals surface area contributed by atoms with E-state index in [2.05, 4.69) is 0 Å². The summed E-state index contributed by atoms with van der Waals surface area (Å²) in [6, 6.07) is 0. The van der Waals surface area contributed by atoms with E-state index < -0.39 is 6.16 Å². The third kappa shape index (κ3) is 3.16. The van der Waals surface area contributed by atoms with E-state index in [4.69, 9.17) is 18.9 Å². The summed E-state index contributed by atoms with van der Waals surface area (Å²) in [5, 5.41) is 0. The van der Waals surface area contributed by atoms with E-state index in [9.17, 15) is 0 Å². The van der Waals surface area contributed by atoms with Crippen molar-refractivity contribution in [2.24, 2.45) is 0 Å². The van der Waals surface area contributed by atoms with Gasteiger partial charge in [0.05, 0.1) is 6.61 Å². The zero-order valence-electron chi connectivity index (χ0n) is 7.55. The number of rotatable bonds is 6. The summed E-state index contributed by atoms with van der Waals surface area (Å²) in [4.78, 5) is 0. The molecule has 0 atom stereocenters. The maximum absolute atomic E-state index is 5.16. The summed E-state index contributed by atoms with van der Waals surface area (Å²) in [7, 11) is 4.38. The van der Waals surface area contributed by atoms with Crippen LogP contribution in [-0.2, 0) is 18.9 Å². The average Bonchev–Trinajstić information content (AvgIpc) is 2.08. The van der Waals surface area contributed by atoms with Crippen molar-refractivity contribution in [3.63, 3.8) is 0 Å². The molecule has 0 aliphatic rings. The fourth-order valence-corrected chi connectivity index (χ4v) is 0.654. The summed E-state index contributed by atoms with van der Waals surface area (Å²) in [6.07, 6.45) is -0.437. The molecule has 0 radical (unpaired) electrons. The van der Waals surface area contributed by atoms with Crippen molar-refractivity contribution < 1.29 is 18.9 Å². The molecular weight excluding hydrogens is 148 g/mol. The topological polar surface area (TPSA) is 36.9 Å². The first-order valence-electron chi connectivity index (χ1n) is 3.54. The zero-order chi connectivity index (χ0) is 8.74. The Morgan fingerprint density at radius 3 is 1.73 bits per heavy atom. The fourth-order valence-electron chi connectivity index (χ4n) is 0.654. The maximum Gasteiger partial charge on any atom is 0.411 e. The van der Waals surface area contributed by atoms with Gasteiger partial charge < -0.3 is 18.9 Å². The smallest absolute Gasteiger partial charge is 0.307 e. The molecule has 0 N–H and O–H groups in total. The first-order chi connectivity index (χ1) is 5.24. The summed E-state index contributed by atoms with van der Waals surface area (Å²) in [6.45, 7) is 2.53. The summed E-state index contributed by atoms with van der Waals surface area (Å²) >= 11 is 0. The second kappa shape index (κ2) is 5.49. The van der Waals surface area contributed by atoms with Crippen LogP contribution in [0.3, 0.4) is 0 Å². The molecule has 0 aliphatic heterocycles. The molecule has 11 heavy (non-hydrogen) atoms. The van der Waals surface area contributed by atoms with Gasteiger partial charge in [-0.1, -0.05) is 6.92 Å². The first kappa shape index (κ1) is 10.8. The monoisotopic (exact) mass is 164 g/mol. The van der Waals surface area contributed by atoms with Crippen LogP contribution in [-0.4, -0.2) is 34.1 Å². The lowest BCUT2D eigenvalue weighted by Crippen LogP contribution is -2.39. The normalized spacial score (nSPS) is 12.0. The minimum absolute atomic E-state index is 0.537. The molecular formula is C7H16O4. The Kier molecular flexibility index (Phi) is 5.41. The van der Waals surface area contributed by atoms with E-state index in [1.165, 1.54) is 21.3 Å². The Labute approximate surface area is 67.4 Å². The van der Waals surface area contributed by atoms with Crippen LogP contribution in [0, 0.1) is 0 Å². The van der Waals surface area contributed by atoms with Crippen molar-refractivity contribution in [1.82, 2.24) is 0 Å². The minimum atomic E-state index is -1.32. The van der Waals surface area contributed by atoms with Crippen LogP contribution >= 0.6 is 0 Å². The lowest BCUT2D eigenvalue weighted by atomic mass is 10.5. The van der Waals surface area contributed by atoms with Crippen molar-refractivity contribution in [3.05, 3.63) is 0 Å². The molecule has 4 nitrogen and oxygen atoms in total. The average molecular weight is 164 g/mol. The highest BCUT2D eigenvalue weighted by atomic mass is 17.0.